The van der Waals surface area contributed by atoms with E-state index in [1.54, 1.807) is 11.8 Å². The molecule has 0 saturated carbocycles. The summed E-state index contributed by atoms with van der Waals surface area (Å²) in [6.45, 7) is 5.67. The number of Topliss-reactive ketones (excluding diaryl/α,β-unsaturated/α-hetero) is 2. The maximum atomic E-state index is 12.2. The topological polar surface area (TPSA) is 101 Å². The van der Waals surface area contributed by atoms with Gasteiger partial charge in [-0.15, -0.1) is 6.42 Å². The third kappa shape index (κ3) is 13.9. The van der Waals surface area contributed by atoms with Crippen LogP contribution in [0, 0.1) is 14.0 Å². The molecule has 8 heteroatoms. The summed E-state index contributed by atoms with van der Waals surface area (Å²) in [5, 5.41) is 5.48. The SMILES string of the molecule is [CH2-]CC(=O)C(CCSCC(N[CH2-])C(=O)CCCCCCN)NC(C)=O.[W+2]. The fraction of sp³-hybridized carbons (Fsp3) is 0.722. The number of hydrogen-bond donors (Lipinski definition) is 3. The Morgan fingerprint density at radius 1 is 1.08 bits per heavy atom. The van der Waals surface area contributed by atoms with E-state index in [0.717, 1.165) is 25.7 Å². The van der Waals surface area contributed by atoms with Crippen molar-refractivity contribution in [3.8, 4) is 0 Å². The molecule has 150 valence electrons. The predicted octanol–water partition coefficient (Wildman–Crippen LogP) is 1.63. The number of carbonyl (C=O) groups is 3. The number of ketones is 2. The van der Waals surface area contributed by atoms with Crippen molar-refractivity contribution in [3.05, 3.63) is 14.0 Å². The second kappa shape index (κ2) is 18.1. The van der Waals surface area contributed by atoms with Crippen LogP contribution in [0.3, 0.4) is 0 Å². The Hall–Kier alpha value is -0.232. The maximum absolute atomic E-state index is 12.2. The summed E-state index contributed by atoms with van der Waals surface area (Å²) in [5.74, 6) is 1.16. The number of unbranched alkanes of at least 4 members (excludes halogenated alkanes) is 3. The fourth-order valence-electron chi connectivity index (χ4n) is 2.37. The zero-order valence-corrected chi connectivity index (χ0v) is 19.5. The Balaban J connectivity index is 0. The molecular formula is C18H33N3O3SW. The van der Waals surface area contributed by atoms with Gasteiger partial charge >= 0.3 is 21.1 Å². The molecule has 2 atom stereocenters. The van der Waals surface area contributed by atoms with E-state index in [2.05, 4.69) is 24.6 Å². The molecule has 0 radical (unpaired) electrons. The number of nitrogens with two attached hydrogens (primary N) is 1. The first-order valence-corrected chi connectivity index (χ1v) is 10.0. The quantitative estimate of drug-likeness (QED) is 0.198. The van der Waals surface area contributed by atoms with Gasteiger partial charge in [0.25, 0.3) is 0 Å². The van der Waals surface area contributed by atoms with Crippen LogP contribution in [0.2, 0.25) is 0 Å². The Bertz CT molecular complexity index is 411. The summed E-state index contributed by atoms with van der Waals surface area (Å²) >= 11 is 1.58. The molecule has 0 bridgehead atoms. The van der Waals surface area contributed by atoms with Crippen molar-refractivity contribution in [2.45, 2.75) is 64.0 Å². The monoisotopic (exact) mass is 555 g/mol. The van der Waals surface area contributed by atoms with Crippen LogP contribution in [-0.4, -0.2) is 47.6 Å². The van der Waals surface area contributed by atoms with E-state index >= 15 is 0 Å². The average molecular weight is 555 g/mol. The molecule has 2 unspecified atom stereocenters. The van der Waals surface area contributed by atoms with Crippen molar-refractivity contribution in [2.75, 3.05) is 18.1 Å². The van der Waals surface area contributed by atoms with E-state index in [0.29, 0.717) is 30.9 Å². The van der Waals surface area contributed by atoms with E-state index in [1.807, 2.05) is 0 Å². The van der Waals surface area contributed by atoms with E-state index in [-0.39, 0.29) is 51.0 Å². The molecule has 26 heavy (non-hydrogen) atoms. The molecule has 0 heterocycles. The summed E-state index contributed by atoms with van der Waals surface area (Å²) in [6.07, 6.45) is 5.20. The van der Waals surface area contributed by atoms with Crippen molar-refractivity contribution < 1.29 is 35.4 Å². The number of carbonyl (C=O) groups excluding carboxylic acids is 3. The molecule has 6 nitrogen and oxygen atoms in total. The molecule has 0 fully saturated rings. The van der Waals surface area contributed by atoms with Gasteiger partial charge in [-0.3, -0.25) is 16.6 Å². The van der Waals surface area contributed by atoms with Crippen LogP contribution in [0.5, 0.6) is 0 Å². The van der Waals surface area contributed by atoms with E-state index < -0.39 is 6.04 Å². The van der Waals surface area contributed by atoms with Gasteiger partial charge in [0.05, 0.1) is 6.04 Å². The van der Waals surface area contributed by atoms with Gasteiger partial charge < -0.3 is 28.1 Å². The Kier molecular flexibility index (Phi) is 19.5. The van der Waals surface area contributed by atoms with Crippen molar-refractivity contribution in [1.29, 1.82) is 0 Å². The summed E-state index contributed by atoms with van der Waals surface area (Å²) < 4.78 is 0. The van der Waals surface area contributed by atoms with Crippen molar-refractivity contribution in [3.63, 3.8) is 0 Å². The van der Waals surface area contributed by atoms with Crippen LogP contribution in [0.4, 0.5) is 0 Å². The molecule has 0 aliphatic heterocycles. The molecule has 0 aliphatic rings. The largest absolute Gasteiger partial charge is 2.00 e. The molecule has 1 amide bonds. The zero-order valence-electron chi connectivity index (χ0n) is 15.8. The van der Waals surface area contributed by atoms with Crippen LogP contribution < -0.4 is 16.4 Å². The molecule has 4 N–H and O–H groups in total. The average Bonchev–Trinajstić information content (AvgIpc) is 2.59. The second-order valence-electron chi connectivity index (χ2n) is 6.01. The molecular weight excluding hydrogens is 522 g/mol. The molecule has 0 aromatic rings. The van der Waals surface area contributed by atoms with Crippen LogP contribution in [0.15, 0.2) is 0 Å². The van der Waals surface area contributed by atoms with Crippen LogP contribution in [0.1, 0.15) is 51.9 Å². The van der Waals surface area contributed by atoms with Gasteiger partial charge in [-0.05, 0) is 31.6 Å². The summed E-state index contributed by atoms with van der Waals surface area (Å²) in [6, 6.07) is -0.769. The predicted molar refractivity (Wildman–Crippen MR) is 104 cm³/mol. The van der Waals surface area contributed by atoms with Gasteiger partial charge in [0.2, 0.25) is 5.91 Å². The third-order valence-electron chi connectivity index (χ3n) is 3.86. The molecule has 0 aromatic heterocycles. The summed E-state index contributed by atoms with van der Waals surface area (Å²) in [4.78, 5) is 35.1. The zero-order chi connectivity index (χ0) is 19.1. The smallest absolute Gasteiger partial charge is 0.463 e. The minimum atomic E-state index is -0.494. The normalized spacial score (nSPS) is 12.8. The number of amides is 1. The molecule has 0 aliphatic carbocycles. The van der Waals surface area contributed by atoms with Crippen molar-refractivity contribution in [2.24, 2.45) is 5.73 Å². The summed E-state index contributed by atoms with van der Waals surface area (Å²) in [7, 11) is 3.64. The first kappa shape index (κ1) is 28.0. The van der Waals surface area contributed by atoms with Gasteiger partial charge in [-0.1, -0.05) is 12.8 Å². The van der Waals surface area contributed by atoms with Gasteiger partial charge in [-0.25, -0.2) is 0 Å². The van der Waals surface area contributed by atoms with Gasteiger partial charge in [0.1, 0.15) is 11.6 Å². The summed E-state index contributed by atoms with van der Waals surface area (Å²) in [5.41, 5.74) is 5.45. The first-order valence-electron chi connectivity index (χ1n) is 8.88. The second-order valence-corrected chi connectivity index (χ2v) is 7.16. The fourth-order valence-corrected chi connectivity index (χ4v) is 3.48. The molecule has 0 saturated heterocycles. The first-order chi connectivity index (χ1) is 12.0. The number of rotatable bonds is 16. The maximum Gasteiger partial charge on any atom is 2.00 e. The minimum absolute atomic E-state index is 0. The Labute approximate surface area is 176 Å². The molecule has 0 rings (SSSR count). The van der Waals surface area contributed by atoms with Gasteiger partial charge in [0, 0.05) is 25.1 Å². The van der Waals surface area contributed by atoms with Gasteiger partial charge in [-0.2, -0.15) is 11.8 Å². The molecule has 0 spiro atoms. The standard InChI is InChI=1S/C18H33N3O3S.W/c1-4-17(23)15(21-14(2)22)10-12-25-13-16(20-3)18(24)9-7-5-6-8-11-19;/h15-16,20H,1,3-13,19H2,2H3,(H,21,22);/q-2;+2. The van der Waals surface area contributed by atoms with Crippen LogP contribution in [-0.2, 0) is 35.4 Å². The van der Waals surface area contributed by atoms with Crippen molar-refractivity contribution in [1.82, 2.24) is 10.6 Å². The number of hydrogen-bond acceptors (Lipinski definition) is 6. The van der Waals surface area contributed by atoms with Gasteiger partial charge in [0.15, 0.2) is 0 Å². The van der Waals surface area contributed by atoms with E-state index in [9.17, 15) is 14.4 Å². The van der Waals surface area contributed by atoms with E-state index in [1.165, 1.54) is 6.92 Å². The number of thioether (sulfide) groups is 1. The van der Waals surface area contributed by atoms with Crippen LogP contribution in [0.25, 0.3) is 0 Å². The van der Waals surface area contributed by atoms with E-state index in [4.69, 9.17) is 5.73 Å². The Morgan fingerprint density at radius 2 is 1.73 bits per heavy atom. The third-order valence-corrected chi connectivity index (χ3v) is 4.95. The molecule has 0 aromatic carbocycles. The minimum Gasteiger partial charge on any atom is -0.463 e. The van der Waals surface area contributed by atoms with Crippen LogP contribution >= 0.6 is 11.8 Å². The Morgan fingerprint density at radius 3 is 2.27 bits per heavy atom. The van der Waals surface area contributed by atoms with Crippen molar-refractivity contribution >= 4 is 29.2 Å². The number of nitrogens with one attached hydrogen (secondary N) is 2.